The maximum Gasteiger partial charge on any atom is 0.268 e. The highest BCUT2D eigenvalue weighted by Gasteiger charge is 2.23. The molecule has 0 rings (SSSR count). The van der Waals surface area contributed by atoms with Gasteiger partial charge in [0.2, 0.25) is 5.91 Å². The monoisotopic (exact) mass is 1020 g/mol. The van der Waals surface area contributed by atoms with Crippen molar-refractivity contribution in [3.8, 4) is 0 Å². The Hall–Kier alpha value is -1.02. The minimum atomic E-state index is -4.60. The molecule has 0 aliphatic carbocycles. The lowest BCUT2D eigenvalue weighted by atomic mass is 10.0. The van der Waals surface area contributed by atoms with E-state index in [9.17, 15) is 19.4 Å². The van der Waals surface area contributed by atoms with Crippen LogP contribution in [0.25, 0.3) is 0 Å². The van der Waals surface area contributed by atoms with Crippen molar-refractivity contribution in [2.24, 2.45) is 0 Å². The molecule has 0 heterocycles. The lowest BCUT2D eigenvalue weighted by Gasteiger charge is -2.29. The molecule has 9 heteroatoms. The van der Waals surface area contributed by atoms with Crippen molar-refractivity contribution < 1.29 is 32.9 Å². The number of aliphatic hydroxyl groups excluding tert-OH is 1. The van der Waals surface area contributed by atoms with Gasteiger partial charge in [0, 0.05) is 6.42 Å². The summed E-state index contributed by atoms with van der Waals surface area (Å²) in [5.41, 5.74) is 0. The summed E-state index contributed by atoms with van der Waals surface area (Å²) in [5, 5.41) is 13.9. The minimum Gasteiger partial charge on any atom is -0.756 e. The molecule has 0 aromatic heterocycles. The van der Waals surface area contributed by atoms with E-state index in [-0.39, 0.29) is 19.1 Å². The van der Waals surface area contributed by atoms with E-state index >= 15 is 0 Å². The van der Waals surface area contributed by atoms with Gasteiger partial charge >= 0.3 is 0 Å². The summed E-state index contributed by atoms with van der Waals surface area (Å²) >= 11 is 0. The van der Waals surface area contributed by atoms with E-state index in [1.165, 1.54) is 257 Å². The fourth-order valence-corrected chi connectivity index (χ4v) is 10.2. The fourth-order valence-electron chi connectivity index (χ4n) is 9.53. The first-order valence-electron chi connectivity index (χ1n) is 31.2. The number of phosphoric ester groups is 1. The van der Waals surface area contributed by atoms with Gasteiger partial charge in [0.15, 0.2) is 0 Å². The first kappa shape index (κ1) is 70.0. The van der Waals surface area contributed by atoms with Gasteiger partial charge in [0.25, 0.3) is 7.82 Å². The Labute approximate surface area is 443 Å². The maximum absolute atomic E-state index is 13.0. The molecule has 8 nitrogen and oxygen atoms in total. The number of aliphatic hydroxyl groups is 1. The highest BCUT2D eigenvalue weighted by atomic mass is 31.2. The summed E-state index contributed by atoms with van der Waals surface area (Å²) in [7, 11) is 1.26. The molecule has 0 saturated heterocycles. The average molecular weight is 1020 g/mol. The molecule has 2 N–H and O–H groups in total. The van der Waals surface area contributed by atoms with Gasteiger partial charge in [-0.1, -0.05) is 301 Å². The van der Waals surface area contributed by atoms with Crippen molar-refractivity contribution >= 4 is 13.7 Å². The fraction of sp³-hybridized carbons (Fsp3) is 0.919. The minimum absolute atomic E-state index is 0.00357. The van der Waals surface area contributed by atoms with Crippen LogP contribution in [-0.4, -0.2) is 68.5 Å². The number of rotatable bonds is 58. The zero-order valence-electron chi connectivity index (χ0n) is 48.2. The van der Waals surface area contributed by atoms with Crippen LogP contribution in [0.2, 0.25) is 0 Å². The lowest BCUT2D eigenvalue weighted by Crippen LogP contribution is -2.45. The Morgan fingerprint density at radius 2 is 0.789 bits per heavy atom. The largest absolute Gasteiger partial charge is 0.756 e. The van der Waals surface area contributed by atoms with Gasteiger partial charge in [-0.05, 0) is 32.1 Å². The van der Waals surface area contributed by atoms with E-state index in [1.807, 2.05) is 27.2 Å². The Kier molecular flexibility index (Phi) is 53.0. The van der Waals surface area contributed by atoms with Gasteiger partial charge in [-0.15, -0.1) is 0 Å². The van der Waals surface area contributed by atoms with Gasteiger partial charge in [-0.25, -0.2) is 0 Å². The molecular weight excluding hydrogens is 900 g/mol. The number of nitrogens with one attached hydrogen (secondary N) is 1. The summed E-state index contributed by atoms with van der Waals surface area (Å²) in [5.74, 6) is -0.200. The summed E-state index contributed by atoms with van der Waals surface area (Å²) < 4.78 is 23.4. The number of amides is 1. The quantitative estimate of drug-likeness (QED) is 0.0272. The molecule has 0 aliphatic rings. The number of carbonyl (C=O) groups excluding carboxylic acids is 1. The Morgan fingerprint density at radius 3 is 1.14 bits per heavy atom. The number of likely N-dealkylation sites (N-methyl/N-ethyl adjacent to an activating group) is 1. The number of phosphoric acid groups is 1. The van der Waals surface area contributed by atoms with Crippen LogP contribution >= 0.6 is 7.82 Å². The number of hydrogen-bond donors (Lipinski definition) is 2. The van der Waals surface area contributed by atoms with E-state index in [0.717, 1.165) is 38.5 Å². The van der Waals surface area contributed by atoms with E-state index in [2.05, 4.69) is 31.3 Å². The van der Waals surface area contributed by atoms with Crippen LogP contribution in [0, 0.1) is 0 Å². The van der Waals surface area contributed by atoms with Crippen LogP contribution in [0.15, 0.2) is 24.3 Å². The van der Waals surface area contributed by atoms with Gasteiger partial charge in [-0.2, -0.15) is 0 Å². The van der Waals surface area contributed by atoms with Crippen molar-refractivity contribution in [1.29, 1.82) is 0 Å². The number of nitrogens with zero attached hydrogens (tertiary/aromatic N) is 1. The molecule has 71 heavy (non-hydrogen) atoms. The Morgan fingerprint density at radius 1 is 0.479 bits per heavy atom. The van der Waals surface area contributed by atoms with Crippen molar-refractivity contribution in [2.75, 3.05) is 40.9 Å². The van der Waals surface area contributed by atoms with E-state index < -0.39 is 20.0 Å². The van der Waals surface area contributed by atoms with Crippen LogP contribution in [0.1, 0.15) is 316 Å². The molecule has 0 fully saturated rings. The smallest absolute Gasteiger partial charge is 0.268 e. The zero-order chi connectivity index (χ0) is 52.0. The predicted molar refractivity (Wildman–Crippen MR) is 307 cm³/mol. The van der Waals surface area contributed by atoms with Crippen LogP contribution in [-0.2, 0) is 18.4 Å². The highest BCUT2D eigenvalue weighted by molar-refractivity contribution is 7.45. The maximum atomic E-state index is 13.0. The lowest BCUT2D eigenvalue weighted by molar-refractivity contribution is -0.870. The first-order valence-corrected chi connectivity index (χ1v) is 32.7. The third-order valence-corrected chi connectivity index (χ3v) is 15.4. The van der Waals surface area contributed by atoms with Crippen LogP contribution in [0.5, 0.6) is 0 Å². The predicted octanol–water partition coefficient (Wildman–Crippen LogP) is 18.5. The van der Waals surface area contributed by atoms with Gasteiger partial charge in [0.05, 0.1) is 39.9 Å². The molecular formula is C62H123N2O6P. The van der Waals surface area contributed by atoms with E-state index in [0.29, 0.717) is 17.4 Å². The number of quaternary nitrogens is 1. The van der Waals surface area contributed by atoms with Gasteiger partial charge in [-0.3, -0.25) is 9.36 Å². The van der Waals surface area contributed by atoms with Crippen LogP contribution in [0.3, 0.4) is 0 Å². The highest BCUT2D eigenvalue weighted by Crippen LogP contribution is 2.38. The van der Waals surface area contributed by atoms with Gasteiger partial charge < -0.3 is 28.8 Å². The number of unbranched alkanes of at least 4 members (excludes halogenated alkanes) is 43. The summed E-state index contributed by atoms with van der Waals surface area (Å²) in [6.07, 6.45) is 68.5. The molecule has 0 aromatic carbocycles. The third-order valence-electron chi connectivity index (χ3n) is 14.4. The molecule has 0 radical (unpaired) electrons. The second kappa shape index (κ2) is 53.8. The number of allylic oxidation sites excluding steroid dienone is 3. The Bertz CT molecular complexity index is 1210. The third kappa shape index (κ3) is 56.5. The molecule has 0 aliphatic heterocycles. The van der Waals surface area contributed by atoms with Crippen molar-refractivity contribution in [2.45, 2.75) is 328 Å². The standard InChI is InChI=1S/C62H123N2O6P/c1-6-8-10-12-14-16-18-20-22-24-26-28-30-32-34-36-38-40-42-44-46-48-50-52-54-56-62(66)63-60(59-70-71(67,68)69-58-57-64(3,4)5)61(65)55-53-51-49-47-45-43-41-39-37-35-33-31-29-27-25-23-21-19-17-15-13-11-9-7-2/h45,47,53,55,60-61,65H,6-44,46,48-52,54,56-59H2,1-5H3,(H-,63,66,67,68)/b47-45+,55-53+. The topological polar surface area (TPSA) is 108 Å². The number of carbonyl (C=O) groups is 1. The molecule has 0 saturated carbocycles. The SMILES string of the molecule is CCCCCCCCCCCCCCCCCCCC/C=C/CC/C=C/C(O)C(COP(=O)([O-])OCC[N+](C)(C)C)NC(=O)CCCCCCCCCCCCCCCCCCCCCCCCCCC. The first-order chi connectivity index (χ1) is 34.5. The molecule has 0 spiro atoms. The van der Waals surface area contributed by atoms with E-state index in [4.69, 9.17) is 9.05 Å². The summed E-state index contributed by atoms with van der Waals surface area (Å²) in [6, 6.07) is -0.901. The van der Waals surface area contributed by atoms with Crippen LogP contribution in [0.4, 0.5) is 0 Å². The zero-order valence-corrected chi connectivity index (χ0v) is 49.1. The van der Waals surface area contributed by atoms with Crippen molar-refractivity contribution in [3.63, 3.8) is 0 Å². The number of hydrogen-bond acceptors (Lipinski definition) is 6. The van der Waals surface area contributed by atoms with E-state index in [1.54, 1.807) is 6.08 Å². The Balaban J connectivity index is 4.16. The molecule has 1 amide bonds. The van der Waals surface area contributed by atoms with Gasteiger partial charge in [0.1, 0.15) is 13.2 Å². The second-order valence-electron chi connectivity index (χ2n) is 22.8. The molecule has 3 atom stereocenters. The second-order valence-corrected chi connectivity index (χ2v) is 24.2. The van der Waals surface area contributed by atoms with Crippen molar-refractivity contribution in [1.82, 2.24) is 5.32 Å². The van der Waals surface area contributed by atoms with Crippen LogP contribution < -0.4 is 10.2 Å². The molecule has 3 unspecified atom stereocenters. The normalized spacial score (nSPS) is 14.0. The average Bonchev–Trinajstić information content (AvgIpc) is 3.33. The van der Waals surface area contributed by atoms with Crippen molar-refractivity contribution in [3.05, 3.63) is 24.3 Å². The molecule has 422 valence electrons. The summed E-state index contributed by atoms with van der Waals surface area (Å²) in [4.78, 5) is 25.5. The molecule has 0 bridgehead atoms. The molecule has 0 aromatic rings. The summed E-state index contributed by atoms with van der Waals surface area (Å²) in [6.45, 7) is 4.68.